The molecular weight excluding hydrogens is 268 g/mol. The molecule has 0 aliphatic rings. The van der Waals surface area contributed by atoms with Gasteiger partial charge in [-0.1, -0.05) is 15.9 Å². The molecule has 1 N–H and O–H groups in total. The summed E-state index contributed by atoms with van der Waals surface area (Å²) in [5.41, 5.74) is 2.09. The number of aliphatic hydroxyl groups is 1. The standard InChI is InChI=1S/C12H15BrN2O/c1-8(2)15-12(5-6-16)10-4-3-9(13)7-11(10)14-15/h3-4,7-8,16H,5-6H2,1-2H3. The fourth-order valence-electron chi connectivity index (χ4n) is 1.91. The molecule has 86 valence electrons. The van der Waals surface area contributed by atoms with Crippen molar-refractivity contribution in [3.05, 3.63) is 28.4 Å². The summed E-state index contributed by atoms with van der Waals surface area (Å²) >= 11 is 3.44. The zero-order chi connectivity index (χ0) is 11.7. The molecular formula is C12H15BrN2O. The highest BCUT2D eigenvalue weighted by Crippen LogP contribution is 2.24. The van der Waals surface area contributed by atoms with Crippen molar-refractivity contribution in [3.8, 4) is 0 Å². The number of nitrogens with zero attached hydrogens (tertiary/aromatic N) is 2. The van der Waals surface area contributed by atoms with E-state index in [4.69, 9.17) is 5.11 Å². The molecule has 0 saturated carbocycles. The zero-order valence-electron chi connectivity index (χ0n) is 9.44. The molecule has 3 nitrogen and oxygen atoms in total. The van der Waals surface area contributed by atoms with Gasteiger partial charge in [-0.15, -0.1) is 0 Å². The monoisotopic (exact) mass is 282 g/mol. The molecule has 0 atom stereocenters. The largest absolute Gasteiger partial charge is 0.396 e. The topological polar surface area (TPSA) is 38.0 Å². The average Bonchev–Trinajstić information content (AvgIpc) is 2.57. The van der Waals surface area contributed by atoms with E-state index in [0.29, 0.717) is 12.5 Å². The Labute approximate surface area is 103 Å². The second kappa shape index (κ2) is 4.55. The minimum atomic E-state index is 0.156. The number of aliphatic hydroxyl groups excluding tert-OH is 1. The summed E-state index contributed by atoms with van der Waals surface area (Å²) in [6.45, 7) is 4.35. The Kier molecular flexibility index (Phi) is 3.30. The molecule has 2 rings (SSSR count). The van der Waals surface area contributed by atoms with Crippen molar-refractivity contribution in [3.63, 3.8) is 0 Å². The highest BCUT2D eigenvalue weighted by Gasteiger charge is 2.12. The van der Waals surface area contributed by atoms with Crippen LogP contribution in [0.1, 0.15) is 25.6 Å². The first kappa shape index (κ1) is 11.6. The van der Waals surface area contributed by atoms with E-state index in [9.17, 15) is 0 Å². The lowest BCUT2D eigenvalue weighted by Crippen LogP contribution is -2.08. The third-order valence-electron chi connectivity index (χ3n) is 2.60. The van der Waals surface area contributed by atoms with Crippen molar-refractivity contribution in [2.75, 3.05) is 6.61 Å². The van der Waals surface area contributed by atoms with Crippen LogP contribution >= 0.6 is 15.9 Å². The minimum absolute atomic E-state index is 0.156. The van der Waals surface area contributed by atoms with Crippen LogP contribution in [0.25, 0.3) is 10.9 Å². The van der Waals surface area contributed by atoms with Gasteiger partial charge in [0.1, 0.15) is 0 Å². The molecule has 0 radical (unpaired) electrons. The molecule has 0 aliphatic heterocycles. The summed E-state index contributed by atoms with van der Waals surface area (Å²) in [6, 6.07) is 6.38. The molecule has 0 spiro atoms. The fraction of sp³-hybridized carbons (Fsp3) is 0.417. The summed E-state index contributed by atoms with van der Waals surface area (Å²) in [6.07, 6.45) is 0.649. The second-order valence-corrected chi connectivity index (χ2v) is 5.04. The molecule has 0 bridgehead atoms. The maximum absolute atomic E-state index is 9.11. The van der Waals surface area contributed by atoms with Crippen LogP contribution in [0.15, 0.2) is 22.7 Å². The van der Waals surface area contributed by atoms with E-state index in [1.165, 1.54) is 0 Å². The van der Waals surface area contributed by atoms with E-state index in [-0.39, 0.29) is 6.61 Å². The van der Waals surface area contributed by atoms with Crippen molar-refractivity contribution in [2.45, 2.75) is 26.3 Å². The van der Waals surface area contributed by atoms with Gasteiger partial charge < -0.3 is 5.11 Å². The van der Waals surface area contributed by atoms with E-state index in [0.717, 1.165) is 21.1 Å². The lowest BCUT2D eigenvalue weighted by Gasteiger charge is -2.09. The van der Waals surface area contributed by atoms with Gasteiger partial charge in [0.25, 0.3) is 0 Å². The maximum atomic E-state index is 9.11. The van der Waals surface area contributed by atoms with Crippen LogP contribution in [0.3, 0.4) is 0 Å². The predicted molar refractivity (Wildman–Crippen MR) is 68.6 cm³/mol. The Bertz CT molecular complexity index is 505. The first-order valence-corrected chi connectivity index (χ1v) is 6.20. The molecule has 4 heteroatoms. The summed E-state index contributed by atoms with van der Waals surface area (Å²) in [5, 5.41) is 14.8. The summed E-state index contributed by atoms with van der Waals surface area (Å²) < 4.78 is 3.02. The Morgan fingerprint density at radius 3 is 2.81 bits per heavy atom. The van der Waals surface area contributed by atoms with Gasteiger partial charge in [0, 0.05) is 34.6 Å². The molecule has 1 aromatic carbocycles. The second-order valence-electron chi connectivity index (χ2n) is 4.12. The Morgan fingerprint density at radius 1 is 1.44 bits per heavy atom. The van der Waals surface area contributed by atoms with Gasteiger partial charge >= 0.3 is 0 Å². The molecule has 1 aromatic heterocycles. The highest BCUT2D eigenvalue weighted by molar-refractivity contribution is 9.10. The van der Waals surface area contributed by atoms with Gasteiger partial charge in [-0.2, -0.15) is 5.10 Å². The van der Waals surface area contributed by atoms with Gasteiger partial charge in [-0.25, -0.2) is 0 Å². The van der Waals surface area contributed by atoms with E-state index < -0.39 is 0 Å². The van der Waals surface area contributed by atoms with Crippen LogP contribution in [0, 0.1) is 0 Å². The van der Waals surface area contributed by atoms with E-state index >= 15 is 0 Å². The van der Waals surface area contributed by atoms with Crippen LogP contribution in [-0.4, -0.2) is 21.5 Å². The number of aromatic nitrogens is 2. The van der Waals surface area contributed by atoms with Crippen LogP contribution in [0.5, 0.6) is 0 Å². The van der Waals surface area contributed by atoms with Gasteiger partial charge in [0.2, 0.25) is 0 Å². The lowest BCUT2D eigenvalue weighted by atomic mass is 10.1. The van der Waals surface area contributed by atoms with Gasteiger partial charge in [0.05, 0.1) is 5.52 Å². The van der Waals surface area contributed by atoms with E-state index in [2.05, 4.69) is 40.9 Å². The lowest BCUT2D eigenvalue weighted by molar-refractivity contribution is 0.294. The van der Waals surface area contributed by atoms with Gasteiger partial charge in [-0.05, 0) is 32.0 Å². The molecule has 0 amide bonds. The molecule has 1 heterocycles. The van der Waals surface area contributed by atoms with Crippen molar-refractivity contribution in [2.24, 2.45) is 0 Å². The van der Waals surface area contributed by atoms with Crippen molar-refractivity contribution in [1.82, 2.24) is 9.78 Å². The number of rotatable bonds is 3. The van der Waals surface area contributed by atoms with Crippen molar-refractivity contribution < 1.29 is 5.11 Å². The third kappa shape index (κ3) is 1.99. The van der Waals surface area contributed by atoms with Crippen molar-refractivity contribution >= 4 is 26.8 Å². The van der Waals surface area contributed by atoms with Gasteiger partial charge in [0.15, 0.2) is 0 Å². The zero-order valence-corrected chi connectivity index (χ0v) is 11.0. The quantitative estimate of drug-likeness (QED) is 0.940. The smallest absolute Gasteiger partial charge is 0.0937 e. The minimum Gasteiger partial charge on any atom is -0.396 e. The average molecular weight is 283 g/mol. The van der Waals surface area contributed by atoms with E-state index in [1.807, 2.05) is 16.8 Å². The van der Waals surface area contributed by atoms with Gasteiger partial charge in [-0.3, -0.25) is 4.68 Å². The molecule has 0 aliphatic carbocycles. The summed E-state index contributed by atoms with van der Waals surface area (Å²) in [7, 11) is 0. The number of hydrogen-bond donors (Lipinski definition) is 1. The normalized spacial score (nSPS) is 11.6. The summed E-state index contributed by atoms with van der Waals surface area (Å²) in [4.78, 5) is 0. The fourth-order valence-corrected chi connectivity index (χ4v) is 2.26. The highest BCUT2D eigenvalue weighted by atomic mass is 79.9. The number of benzene rings is 1. The number of hydrogen-bond acceptors (Lipinski definition) is 2. The Hall–Kier alpha value is -0.870. The van der Waals surface area contributed by atoms with Crippen LogP contribution in [0.4, 0.5) is 0 Å². The Balaban J connectivity index is 2.65. The molecule has 0 saturated heterocycles. The molecule has 16 heavy (non-hydrogen) atoms. The van der Waals surface area contributed by atoms with Crippen LogP contribution in [-0.2, 0) is 6.42 Å². The van der Waals surface area contributed by atoms with E-state index in [1.54, 1.807) is 0 Å². The summed E-state index contributed by atoms with van der Waals surface area (Å²) in [5.74, 6) is 0. The molecule has 2 aromatic rings. The number of fused-ring (bicyclic) bond motifs is 1. The predicted octanol–water partition coefficient (Wildman–Crippen LogP) is 2.91. The van der Waals surface area contributed by atoms with Crippen LogP contribution < -0.4 is 0 Å². The maximum Gasteiger partial charge on any atom is 0.0937 e. The number of halogens is 1. The van der Waals surface area contributed by atoms with Crippen LogP contribution in [0.2, 0.25) is 0 Å². The first-order chi connectivity index (χ1) is 7.63. The van der Waals surface area contributed by atoms with Crippen molar-refractivity contribution in [1.29, 1.82) is 0 Å². The Morgan fingerprint density at radius 2 is 2.19 bits per heavy atom. The SMILES string of the molecule is CC(C)n1nc2cc(Br)ccc2c1CCO. The first-order valence-electron chi connectivity index (χ1n) is 5.41. The third-order valence-corrected chi connectivity index (χ3v) is 3.09. The molecule has 0 unspecified atom stereocenters. The molecule has 0 fully saturated rings.